The average molecular weight is 279 g/mol. The second kappa shape index (κ2) is 5.66. The summed E-state index contributed by atoms with van der Waals surface area (Å²) in [5.74, 6) is 0.527. The van der Waals surface area contributed by atoms with Gasteiger partial charge in [0, 0.05) is 23.5 Å². The van der Waals surface area contributed by atoms with Crippen molar-refractivity contribution in [2.45, 2.75) is 38.1 Å². The van der Waals surface area contributed by atoms with Gasteiger partial charge in [0.25, 0.3) is 5.69 Å². The summed E-state index contributed by atoms with van der Waals surface area (Å²) in [5, 5.41) is 23.9. The largest absolute Gasteiger partial charge is 0.398 e. The lowest BCUT2D eigenvalue weighted by atomic mass is 9.76. The number of nitrogens with two attached hydrogens (primary N) is 1. The molecule has 1 fully saturated rings. The third kappa shape index (κ3) is 3.19. The van der Waals surface area contributed by atoms with Crippen molar-refractivity contribution in [2.24, 2.45) is 5.92 Å². The van der Waals surface area contributed by atoms with Gasteiger partial charge in [-0.3, -0.25) is 10.1 Å². The van der Waals surface area contributed by atoms with E-state index in [1.165, 1.54) is 12.1 Å². The molecule has 1 aromatic rings. The number of nitrogens with zero attached hydrogens (tertiary/aromatic N) is 1. The zero-order valence-electron chi connectivity index (χ0n) is 11.6. The van der Waals surface area contributed by atoms with E-state index in [2.05, 4.69) is 12.2 Å². The van der Waals surface area contributed by atoms with Crippen molar-refractivity contribution < 1.29 is 10.0 Å². The summed E-state index contributed by atoms with van der Waals surface area (Å²) in [6.45, 7) is 2.17. The normalized spacial score (nSPS) is 26.2. The van der Waals surface area contributed by atoms with Crippen LogP contribution in [0.5, 0.6) is 0 Å². The molecule has 0 bridgehead atoms. The first-order valence-corrected chi connectivity index (χ1v) is 6.88. The van der Waals surface area contributed by atoms with E-state index in [9.17, 15) is 15.2 Å². The van der Waals surface area contributed by atoms with Gasteiger partial charge in [-0.1, -0.05) is 19.8 Å². The molecular weight excluding hydrogens is 258 g/mol. The SMILES string of the molecule is CC1CCCC(CO)(Nc2cc(N)cc([N+](=O)[O-])c2)C1. The topological polar surface area (TPSA) is 101 Å². The number of non-ortho nitro benzene ring substituents is 1. The molecular formula is C14H21N3O3. The zero-order chi connectivity index (χ0) is 14.8. The third-order valence-corrected chi connectivity index (χ3v) is 3.95. The fourth-order valence-electron chi connectivity index (χ4n) is 3.08. The van der Waals surface area contributed by atoms with Crippen molar-refractivity contribution in [3.63, 3.8) is 0 Å². The molecule has 6 nitrogen and oxygen atoms in total. The molecule has 0 amide bonds. The van der Waals surface area contributed by atoms with Crippen LogP contribution in [0, 0.1) is 16.0 Å². The molecule has 1 saturated carbocycles. The van der Waals surface area contributed by atoms with Crippen LogP contribution in [-0.2, 0) is 0 Å². The Hall–Kier alpha value is -1.82. The van der Waals surface area contributed by atoms with Gasteiger partial charge in [-0.2, -0.15) is 0 Å². The molecule has 0 saturated heterocycles. The lowest BCUT2D eigenvalue weighted by molar-refractivity contribution is -0.384. The summed E-state index contributed by atoms with van der Waals surface area (Å²) >= 11 is 0. The van der Waals surface area contributed by atoms with E-state index >= 15 is 0 Å². The number of hydrogen-bond acceptors (Lipinski definition) is 5. The summed E-state index contributed by atoms with van der Waals surface area (Å²) in [7, 11) is 0. The zero-order valence-corrected chi connectivity index (χ0v) is 11.6. The number of nitro groups is 1. The predicted octanol–water partition coefficient (Wildman–Crippen LogP) is 2.53. The Morgan fingerprint density at radius 1 is 1.55 bits per heavy atom. The molecule has 2 unspecified atom stereocenters. The van der Waals surface area contributed by atoms with Gasteiger partial charge in [-0.05, 0) is 24.8 Å². The Bertz CT molecular complexity index is 506. The Morgan fingerprint density at radius 2 is 2.30 bits per heavy atom. The van der Waals surface area contributed by atoms with E-state index in [1.54, 1.807) is 6.07 Å². The molecule has 2 rings (SSSR count). The molecule has 2 atom stereocenters. The van der Waals surface area contributed by atoms with E-state index in [4.69, 9.17) is 5.73 Å². The maximum atomic E-state index is 10.9. The van der Waals surface area contributed by atoms with E-state index in [0.717, 1.165) is 25.7 Å². The van der Waals surface area contributed by atoms with Gasteiger partial charge >= 0.3 is 0 Å². The predicted molar refractivity (Wildman–Crippen MR) is 78.6 cm³/mol. The molecule has 1 aliphatic rings. The van der Waals surface area contributed by atoms with Gasteiger partial charge in [0.1, 0.15) is 0 Å². The van der Waals surface area contributed by atoms with Crippen LogP contribution in [-0.4, -0.2) is 22.2 Å². The highest BCUT2D eigenvalue weighted by molar-refractivity contribution is 5.62. The van der Waals surface area contributed by atoms with Crippen LogP contribution in [0.25, 0.3) is 0 Å². The van der Waals surface area contributed by atoms with Crippen LogP contribution >= 0.6 is 0 Å². The Balaban J connectivity index is 2.25. The van der Waals surface area contributed by atoms with E-state index in [-0.39, 0.29) is 12.3 Å². The van der Waals surface area contributed by atoms with Crippen LogP contribution in [0.1, 0.15) is 32.6 Å². The van der Waals surface area contributed by atoms with Gasteiger partial charge in [-0.15, -0.1) is 0 Å². The fourth-order valence-corrected chi connectivity index (χ4v) is 3.08. The second-order valence-electron chi connectivity index (χ2n) is 5.84. The molecule has 0 aliphatic heterocycles. The minimum absolute atomic E-state index is 0.0138. The molecule has 6 heteroatoms. The summed E-state index contributed by atoms with van der Waals surface area (Å²) in [6.07, 6.45) is 3.90. The maximum Gasteiger partial charge on any atom is 0.273 e. The van der Waals surface area contributed by atoms with E-state index in [1.807, 2.05) is 0 Å². The molecule has 0 radical (unpaired) electrons. The second-order valence-corrected chi connectivity index (χ2v) is 5.84. The molecule has 0 heterocycles. The van der Waals surface area contributed by atoms with Crippen LogP contribution in [0.2, 0.25) is 0 Å². The number of anilines is 2. The number of aliphatic hydroxyl groups excluding tert-OH is 1. The fraction of sp³-hybridized carbons (Fsp3) is 0.571. The summed E-state index contributed by atoms with van der Waals surface area (Å²) in [6, 6.07) is 4.47. The number of benzene rings is 1. The standard InChI is InChI=1S/C14H21N3O3/c1-10-3-2-4-14(8-10,9-18)16-12-5-11(15)6-13(7-12)17(19)20/h5-7,10,16,18H,2-4,8-9,15H2,1H3. The minimum Gasteiger partial charge on any atom is -0.398 e. The summed E-state index contributed by atoms with van der Waals surface area (Å²) < 4.78 is 0. The maximum absolute atomic E-state index is 10.9. The number of rotatable bonds is 4. The Morgan fingerprint density at radius 3 is 2.90 bits per heavy atom. The highest BCUT2D eigenvalue weighted by Gasteiger charge is 2.34. The quantitative estimate of drug-likeness (QED) is 0.446. The summed E-state index contributed by atoms with van der Waals surface area (Å²) in [5.41, 5.74) is 6.21. The van der Waals surface area contributed by atoms with Crippen molar-refractivity contribution in [2.75, 3.05) is 17.7 Å². The monoisotopic (exact) mass is 279 g/mol. The number of hydrogen-bond donors (Lipinski definition) is 3. The number of nitro benzene ring substituents is 1. The molecule has 110 valence electrons. The van der Waals surface area contributed by atoms with Crippen LogP contribution in [0.4, 0.5) is 17.1 Å². The molecule has 4 N–H and O–H groups in total. The molecule has 1 aliphatic carbocycles. The van der Waals surface area contributed by atoms with Crippen molar-refractivity contribution in [1.82, 2.24) is 0 Å². The number of nitrogens with one attached hydrogen (secondary N) is 1. The molecule has 0 spiro atoms. The highest BCUT2D eigenvalue weighted by Crippen LogP contribution is 2.35. The Labute approximate surface area is 118 Å². The lowest BCUT2D eigenvalue weighted by Gasteiger charge is -2.40. The van der Waals surface area contributed by atoms with Crippen LogP contribution in [0.3, 0.4) is 0 Å². The van der Waals surface area contributed by atoms with E-state index in [0.29, 0.717) is 17.3 Å². The van der Waals surface area contributed by atoms with Crippen molar-refractivity contribution in [3.05, 3.63) is 28.3 Å². The highest BCUT2D eigenvalue weighted by atomic mass is 16.6. The van der Waals surface area contributed by atoms with Gasteiger partial charge in [0.15, 0.2) is 0 Å². The first-order valence-electron chi connectivity index (χ1n) is 6.88. The molecule has 1 aromatic carbocycles. The molecule has 0 aromatic heterocycles. The average Bonchev–Trinajstić information content (AvgIpc) is 2.38. The molecule has 20 heavy (non-hydrogen) atoms. The summed E-state index contributed by atoms with van der Waals surface area (Å²) in [4.78, 5) is 10.4. The van der Waals surface area contributed by atoms with Crippen molar-refractivity contribution >= 4 is 17.1 Å². The van der Waals surface area contributed by atoms with Gasteiger partial charge in [-0.25, -0.2) is 0 Å². The van der Waals surface area contributed by atoms with Crippen molar-refractivity contribution in [3.8, 4) is 0 Å². The van der Waals surface area contributed by atoms with Crippen LogP contribution < -0.4 is 11.1 Å². The lowest BCUT2D eigenvalue weighted by Crippen LogP contribution is -2.45. The number of nitrogen functional groups attached to an aromatic ring is 1. The first kappa shape index (κ1) is 14.6. The van der Waals surface area contributed by atoms with Gasteiger partial charge in [0.2, 0.25) is 0 Å². The first-order chi connectivity index (χ1) is 9.44. The van der Waals surface area contributed by atoms with Crippen molar-refractivity contribution in [1.29, 1.82) is 0 Å². The van der Waals surface area contributed by atoms with Gasteiger partial charge in [0.05, 0.1) is 17.1 Å². The van der Waals surface area contributed by atoms with Crippen LogP contribution in [0.15, 0.2) is 18.2 Å². The minimum atomic E-state index is -0.462. The third-order valence-electron chi connectivity index (χ3n) is 3.95. The smallest absolute Gasteiger partial charge is 0.273 e. The van der Waals surface area contributed by atoms with E-state index < -0.39 is 10.5 Å². The van der Waals surface area contributed by atoms with Gasteiger partial charge < -0.3 is 16.2 Å². The Kier molecular flexibility index (Phi) is 4.13. The number of aliphatic hydroxyl groups is 1.